The number of carbonyl (C=O) groups excluding carboxylic acids is 1. The molecule has 0 unspecified atom stereocenters. The zero-order valence-corrected chi connectivity index (χ0v) is 17.0. The van der Waals surface area contributed by atoms with Gasteiger partial charge in [0.1, 0.15) is 5.75 Å². The van der Waals surface area contributed by atoms with Gasteiger partial charge in [0, 0.05) is 9.99 Å². The van der Waals surface area contributed by atoms with Crippen LogP contribution in [0.5, 0.6) is 5.75 Å². The minimum atomic E-state index is -0.0728. The molecule has 0 fully saturated rings. The van der Waals surface area contributed by atoms with Gasteiger partial charge in [0.2, 0.25) is 0 Å². The highest BCUT2D eigenvalue weighted by atomic mass is 127. The molecule has 0 aliphatic heterocycles. The third-order valence-corrected chi connectivity index (χ3v) is 5.20. The maximum Gasteiger partial charge on any atom is 0.171 e. The van der Waals surface area contributed by atoms with E-state index >= 15 is 0 Å². The summed E-state index contributed by atoms with van der Waals surface area (Å²) in [5, 5.41) is 10.1. The van der Waals surface area contributed by atoms with Gasteiger partial charge in [-0.05, 0) is 74.0 Å². The molecule has 0 bridgehead atoms. The second kappa shape index (κ2) is 7.65. The summed E-state index contributed by atoms with van der Waals surface area (Å²) in [5.74, 6) is -0.00156. The fourth-order valence-corrected chi connectivity index (χ4v) is 4.35. The number of aromatic hydroxyl groups is 1. The average molecular weight is 540 g/mol. The number of Topliss-reactive ketones (excluding diaryl/α,β-unsaturated/α-hetero) is 1. The van der Waals surface area contributed by atoms with Gasteiger partial charge in [-0.2, -0.15) is 0 Å². The van der Waals surface area contributed by atoms with Gasteiger partial charge in [-0.1, -0.05) is 54.6 Å². The minimum absolute atomic E-state index is 0.0712. The zero-order valence-electron chi connectivity index (χ0n) is 12.7. The maximum absolute atomic E-state index is 12.5. The quantitative estimate of drug-likeness (QED) is 0.341. The van der Waals surface area contributed by atoms with Crippen LogP contribution in [0.25, 0.3) is 11.1 Å². The lowest BCUT2D eigenvalue weighted by Gasteiger charge is -2.08. The van der Waals surface area contributed by atoms with Crippen LogP contribution in [0.2, 0.25) is 0 Å². The molecule has 0 radical (unpaired) electrons. The first-order chi connectivity index (χ1) is 11.5. The molecule has 0 aromatic heterocycles. The second-order valence-corrected chi connectivity index (χ2v) is 7.85. The molecule has 4 heteroatoms. The predicted octanol–water partition coefficient (Wildman–Crippen LogP) is 5.69. The SMILES string of the molecule is O=C(Cc1ccc(-c2ccccc2)cc1)c1cc(I)cc(I)c1O. The Kier molecular flexibility index (Phi) is 5.55. The number of ketones is 1. The van der Waals surface area contributed by atoms with Crippen molar-refractivity contribution >= 4 is 51.0 Å². The lowest BCUT2D eigenvalue weighted by atomic mass is 9.99. The Morgan fingerprint density at radius 1 is 0.875 bits per heavy atom. The highest BCUT2D eigenvalue weighted by molar-refractivity contribution is 14.1. The van der Waals surface area contributed by atoms with Gasteiger partial charge < -0.3 is 5.11 Å². The van der Waals surface area contributed by atoms with Crippen LogP contribution in [0.1, 0.15) is 15.9 Å². The van der Waals surface area contributed by atoms with Crippen molar-refractivity contribution in [1.82, 2.24) is 0 Å². The Morgan fingerprint density at radius 3 is 2.17 bits per heavy atom. The van der Waals surface area contributed by atoms with Crippen molar-refractivity contribution in [3.05, 3.63) is 85.0 Å². The number of hydrogen-bond donors (Lipinski definition) is 1. The Hall–Kier alpha value is -1.41. The van der Waals surface area contributed by atoms with Gasteiger partial charge in [-0.15, -0.1) is 0 Å². The van der Waals surface area contributed by atoms with Gasteiger partial charge >= 0.3 is 0 Å². The summed E-state index contributed by atoms with van der Waals surface area (Å²) in [5.41, 5.74) is 3.60. The zero-order chi connectivity index (χ0) is 17.1. The van der Waals surface area contributed by atoms with Crippen LogP contribution in [0, 0.1) is 7.14 Å². The van der Waals surface area contributed by atoms with Crippen molar-refractivity contribution in [3.8, 4) is 16.9 Å². The second-order valence-electron chi connectivity index (χ2n) is 5.45. The molecule has 24 heavy (non-hydrogen) atoms. The number of hydrogen-bond acceptors (Lipinski definition) is 2. The number of carbonyl (C=O) groups is 1. The average Bonchev–Trinajstić information content (AvgIpc) is 2.59. The number of benzene rings is 3. The van der Waals surface area contributed by atoms with E-state index in [0.29, 0.717) is 9.13 Å². The van der Waals surface area contributed by atoms with Gasteiger partial charge in [0.05, 0.1) is 9.13 Å². The molecule has 3 aromatic rings. The van der Waals surface area contributed by atoms with Gasteiger partial charge in [0.25, 0.3) is 0 Å². The lowest BCUT2D eigenvalue weighted by molar-refractivity contribution is 0.0990. The Balaban J connectivity index is 1.81. The summed E-state index contributed by atoms with van der Waals surface area (Å²) in [6.45, 7) is 0. The van der Waals surface area contributed by atoms with Crippen LogP contribution in [0.4, 0.5) is 0 Å². The molecular formula is C20H14I2O2. The van der Waals surface area contributed by atoms with E-state index < -0.39 is 0 Å². The van der Waals surface area contributed by atoms with Crippen molar-refractivity contribution in [2.75, 3.05) is 0 Å². The molecule has 0 heterocycles. The van der Waals surface area contributed by atoms with Crippen molar-refractivity contribution in [2.24, 2.45) is 0 Å². The summed E-state index contributed by atoms with van der Waals surface area (Å²) < 4.78 is 1.64. The van der Waals surface area contributed by atoms with Crippen LogP contribution >= 0.6 is 45.2 Å². The Bertz CT molecular complexity index is 872. The topological polar surface area (TPSA) is 37.3 Å². The molecule has 120 valence electrons. The fraction of sp³-hybridized carbons (Fsp3) is 0.0500. The van der Waals surface area contributed by atoms with Crippen molar-refractivity contribution in [2.45, 2.75) is 6.42 Å². The third-order valence-electron chi connectivity index (χ3n) is 3.75. The van der Waals surface area contributed by atoms with Crippen molar-refractivity contribution < 1.29 is 9.90 Å². The molecule has 0 amide bonds. The molecule has 0 aliphatic carbocycles. The fourth-order valence-electron chi connectivity index (χ4n) is 2.50. The van der Waals surface area contributed by atoms with Crippen LogP contribution in [0.3, 0.4) is 0 Å². The maximum atomic E-state index is 12.5. The summed E-state index contributed by atoms with van der Waals surface area (Å²) in [7, 11) is 0. The van der Waals surface area contributed by atoms with E-state index in [-0.39, 0.29) is 18.0 Å². The van der Waals surface area contributed by atoms with E-state index in [1.807, 2.05) is 71.1 Å². The molecular weight excluding hydrogens is 526 g/mol. The summed E-state index contributed by atoms with van der Waals surface area (Å²) in [6.07, 6.45) is 0.277. The monoisotopic (exact) mass is 540 g/mol. The predicted molar refractivity (Wildman–Crippen MR) is 113 cm³/mol. The van der Waals surface area contributed by atoms with Crippen molar-refractivity contribution in [3.63, 3.8) is 0 Å². The number of halogens is 2. The van der Waals surface area contributed by atoms with E-state index in [1.54, 1.807) is 6.07 Å². The van der Waals surface area contributed by atoms with Gasteiger partial charge in [-0.3, -0.25) is 4.79 Å². The van der Waals surface area contributed by atoms with Gasteiger partial charge in [-0.25, -0.2) is 0 Å². The molecule has 0 aliphatic rings. The Labute approximate surface area is 168 Å². The molecule has 3 aromatic carbocycles. The third kappa shape index (κ3) is 3.97. The molecule has 1 N–H and O–H groups in total. The summed E-state index contributed by atoms with van der Waals surface area (Å²) in [6, 6.07) is 21.7. The van der Waals surface area contributed by atoms with Crippen LogP contribution in [-0.4, -0.2) is 10.9 Å². The largest absolute Gasteiger partial charge is 0.506 e. The molecule has 0 saturated carbocycles. The van der Waals surface area contributed by atoms with Crippen LogP contribution in [0.15, 0.2) is 66.7 Å². The molecule has 0 spiro atoms. The first-order valence-electron chi connectivity index (χ1n) is 7.40. The smallest absolute Gasteiger partial charge is 0.171 e. The number of phenols is 1. The molecule has 3 rings (SSSR count). The highest BCUT2D eigenvalue weighted by Gasteiger charge is 2.15. The first-order valence-corrected chi connectivity index (χ1v) is 9.56. The molecule has 2 nitrogen and oxygen atoms in total. The lowest BCUT2D eigenvalue weighted by Crippen LogP contribution is -2.05. The first kappa shape index (κ1) is 17.4. The van der Waals surface area contributed by atoms with E-state index in [9.17, 15) is 9.90 Å². The number of rotatable bonds is 4. The van der Waals surface area contributed by atoms with Crippen LogP contribution < -0.4 is 0 Å². The van der Waals surface area contributed by atoms with Crippen LogP contribution in [-0.2, 0) is 6.42 Å². The van der Waals surface area contributed by atoms with Crippen molar-refractivity contribution in [1.29, 1.82) is 0 Å². The molecule has 0 atom stereocenters. The van der Waals surface area contributed by atoms with E-state index in [0.717, 1.165) is 20.3 Å². The summed E-state index contributed by atoms with van der Waals surface area (Å²) >= 11 is 4.20. The normalized spacial score (nSPS) is 10.6. The Morgan fingerprint density at radius 2 is 1.50 bits per heavy atom. The van der Waals surface area contributed by atoms with E-state index in [4.69, 9.17) is 0 Å². The minimum Gasteiger partial charge on any atom is -0.506 e. The summed E-state index contributed by atoms with van der Waals surface area (Å²) in [4.78, 5) is 12.5. The van der Waals surface area contributed by atoms with E-state index in [1.165, 1.54) is 0 Å². The van der Waals surface area contributed by atoms with E-state index in [2.05, 4.69) is 34.7 Å². The number of phenolic OH excluding ortho intramolecular Hbond substituents is 1. The molecule has 0 saturated heterocycles. The standard InChI is InChI=1S/C20H14I2O2/c21-16-11-17(20(24)18(22)12-16)19(23)10-13-6-8-15(9-7-13)14-4-2-1-3-5-14/h1-9,11-12,24H,10H2. The highest BCUT2D eigenvalue weighted by Crippen LogP contribution is 2.28. The van der Waals surface area contributed by atoms with Gasteiger partial charge in [0.15, 0.2) is 5.78 Å².